The minimum absolute atomic E-state index is 0. The van der Waals surface area contributed by atoms with Gasteiger partial charge in [-0.25, -0.2) is 12.7 Å². The standard InChI is InChI=1S/C15H30N4O4S2.HI/c1-16-15(17-4-2-8-23-14-3-9-22-13-14)18-5-12-25(20,21)19-6-10-24-11-7-19;/h14H,2-13H2,1H3,(H2,16,17,18);1H. The van der Waals surface area contributed by atoms with E-state index in [4.69, 9.17) is 9.47 Å². The van der Waals surface area contributed by atoms with Gasteiger partial charge < -0.3 is 20.1 Å². The zero-order valence-electron chi connectivity index (χ0n) is 15.3. The van der Waals surface area contributed by atoms with Crippen LogP contribution in [0, 0.1) is 0 Å². The van der Waals surface area contributed by atoms with Crippen molar-refractivity contribution in [2.75, 3.05) is 70.3 Å². The molecule has 0 aromatic heterocycles. The molecule has 2 saturated heterocycles. The van der Waals surface area contributed by atoms with E-state index in [2.05, 4.69) is 15.6 Å². The van der Waals surface area contributed by atoms with Gasteiger partial charge in [-0.15, -0.1) is 24.0 Å². The van der Waals surface area contributed by atoms with E-state index in [1.54, 1.807) is 23.1 Å². The minimum Gasteiger partial charge on any atom is -0.379 e. The Bertz CT molecular complexity index is 510. The summed E-state index contributed by atoms with van der Waals surface area (Å²) >= 11 is 1.80. The van der Waals surface area contributed by atoms with Crippen molar-refractivity contribution in [2.24, 2.45) is 4.99 Å². The first-order valence-electron chi connectivity index (χ1n) is 8.81. The number of sulfonamides is 1. The fourth-order valence-corrected chi connectivity index (χ4v) is 5.14. The van der Waals surface area contributed by atoms with Crippen LogP contribution in [-0.4, -0.2) is 95.1 Å². The van der Waals surface area contributed by atoms with Crippen molar-refractivity contribution in [1.82, 2.24) is 14.9 Å². The Morgan fingerprint density at radius 3 is 2.69 bits per heavy atom. The lowest BCUT2D eigenvalue weighted by molar-refractivity contribution is 0.0420. The van der Waals surface area contributed by atoms with E-state index in [-0.39, 0.29) is 35.8 Å². The molecule has 2 rings (SSSR count). The van der Waals surface area contributed by atoms with Gasteiger partial charge in [-0.1, -0.05) is 0 Å². The monoisotopic (exact) mass is 522 g/mol. The van der Waals surface area contributed by atoms with Crippen LogP contribution >= 0.6 is 35.7 Å². The topological polar surface area (TPSA) is 92.3 Å². The first kappa shape index (κ1) is 24.2. The molecule has 2 fully saturated rings. The number of nitrogens with zero attached hydrogens (tertiary/aromatic N) is 2. The molecule has 0 spiro atoms. The van der Waals surface area contributed by atoms with Crippen molar-refractivity contribution < 1.29 is 17.9 Å². The molecule has 2 heterocycles. The van der Waals surface area contributed by atoms with E-state index in [0.29, 0.717) is 38.8 Å². The summed E-state index contributed by atoms with van der Waals surface area (Å²) < 4.78 is 37.1. The quantitative estimate of drug-likeness (QED) is 0.195. The Labute approximate surface area is 178 Å². The molecule has 2 N–H and O–H groups in total. The summed E-state index contributed by atoms with van der Waals surface area (Å²) in [4.78, 5) is 4.12. The average molecular weight is 522 g/mol. The predicted octanol–water partition coefficient (Wildman–Crippen LogP) is 0.344. The van der Waals surface area contributed by atoms with Crippen LogP contribution < -0.4 is 10.6 Å². The van der Waals surface area contributed by atoms with Gasteiger partial charge in [0, 0.05) is 57.9 Å². The van der Waals surface area contributed by atoms with E-state index >= 15 is 0 Å². The lowest BCUT2D eigenvalue weighted by atomic mass is 10.3. The van der Waals surface area contributed by atoms with Crippen molar-refractivity contribution >= 4 is 51.7 Å². The van der Waals surface area contributed by atoms with Crippen LogP contribution in [-0.2, 0) is 19.5 Å². The molecule has 2 aliphatic rings. The number of nitrogens with one attached hydrogen (secondary N) is 2. The lowest BCUT2D eigenvalue weighted by Gasteiger charge is -2.25. The Kier molecular flexibility index (Phi) is 12.5. The molecular weight excluding hydrogens is 491 g/mol. The Balaban J connectivity index is 0.00000338. The number of aliphatic imine (C=N–C) groups is 1. The number of guanidine groups is 1. The second kappa shape index (κ2) is 13.4. The summed E-state index contributed by atoms with van der Waals surface area (Å²) in [6.45, 7) is 4.47. The molecule has 11 heteroatoms. The van der Waals surface area contributed by atoms with Crippen LogP contribution in [0.4, 0.5) is 0 Å². The third kappa shape index (κ3) is 8.91. The van der Waals surface area contributed by atoms with Crippen LogP contribution in [0.3, 0.4) is 0 Å². The highest BCUT2D eigenvalue weighted by molar-refractivity contribution is 14.0. The van der Waals surface area contributed by atoms with Gasteiger partial charge in [-0.05, 0) is 12.8 Å². The summed E-state index contributed by atoms with van der Waals surface area (Å²) in [7, 11) is -1.50. The zero-order valence-corrected chi connectivity index (χ0v) is 19.3. The predicted molar refractivity (Wildman–Crippen MR) is 117 cm³/mol. The van der Waals surface area contributed by atoms with Gasteiger partial charge >= 0.3 is 0 Å². The number of hydrogen-bond donors (Lipinski definition) is 2. The minimum atomic E-state index is -3.18. The van der Waals surface area contributed by atoms with Crippen molar-refractivity contribution in [3.8, 4) is 0 Å². The molecule has 1 unspecified atom stereocenters. The Hall–Kier alpha value is 0.180. The zero-order chi connectivity index (χ0) is 18.0. The number of ether oxygens (including phenoxy) is 2. The fourth-order valence-electron chi connectivity index (χ4n) is 2.65. The van der Waals surface area contributed by atoms with Gasteiger partial charge in [-0.3, -0.25) is 4.99 Å². The molecule has 0 bridgehead atoms. The lowest BCUT2D eigenvalue weighted by Crippen LogP contribution is -2.44. The highest BCUT2D eigenvalue weighted by Gasteiger charge is 2.23. The molecule has 26 heavy (non-hydrogen) atoms. The van der Waals surface area contributed by atoms with E-state index in [9.17, 15) is 8.42 Å². The molecule has 0 aromatic rings. The van der Waals surface area contributed by atoms with Gasteiger partial charge in [0.2, 0.25) is 10.0 Å². The van der Waals surface area contributed by atoms with E-state index < -0.39 is 10.0 Å². The van der Waals surface area contributed by atoms with Crippen LogP contribution in [0.1, 0.15) is 12.8 Å². The van der Waals surface area contributed by atoms with E-state index in [0.717, 1.165) is 37.5 Å². The van der Waals surface area contributed by atoms with Crippen molar-refractivity contribution in [1.29, 1.82) is 0 Å². The number of halogens is 1. The van der Waals surface area contributed by atoms with Crippen LogP contribution in [0.2, 0.25) is 0 Å². The molecule has 154 valence electrons. The highest BCUT2D eigenvalue weighted by Crippen LogP contribution is 2.13. The molecule has 1 atom stereocenters. The maximum atomic E-state index is 12.3. The maximum absolute atomic E-state index is 12.3. The summed E-state index contributed by atoms with van der Waals surface area (Å²) in [6, 6.07) is 0. The highest BCUT2D eigenvalue weighted by atomic mass is 127. The maximum Gasteiger partial charge on any atom is 0.215 e. The first-order chi connectivity index (χ1) is 12.1. The molecule has 0 saturated carbocycles. The molecule has 0 radical (unpaired) electrons. The Morgan fingerprint density at radius 2 is 2.04 bits per heavy atom. The SMILES string of the molecule is CN=C(NCCCOC1CCOC1)NCCS(=O)(=O)N1CCSCC1.I. The first-order valence-corrected chi connectivity index (χ1v) is 11.6. The average Bonchev–Trinajstić information content (AvgIpc) is 3.14. The molecular formula is C15H31IN4O4S2. The normalized spacial score (nSPS) is 22.0. The third-order valence-electron chi connectivity index (χ3n) is 4.09. The van der Waals surface area contributed by atoms with Gasteiger partial charge in [0.15, 0.2) is 5.96 Å². The van der Waals surface area contributed by atoms with Gasteiger partial charge in [0.25, 0.3) is 0 Å². The number of thioether (sulfide) groups is 1. The number of rotatable bonds is 9. The van der Waals surface area contributed by atoms with Crippen LogP contribution in [0.25, 0.3) is 0 Å². The van der Waals surface area contributed by atoms with Gasteiger partial charge in [0.1, 0.15) is 0 Å². The molecule has 0 aliphatic carbocycles. The second-order valence-electron chi connectivity index (χ2n) is 5.96. The summed E-state index contributed by atoms with van der Waals surface area (Å²) in [5, 5.41) is 6.24. The summed E-state index contributed by atoms with van der Waals surface area (Å²) in [5.74, 6) is 2.47. The molecule has 2 aliphatic heterocycles. The van der Waals surface area contributed by atoms with E-state index in [1.807, 2.05) is 0 Å². The third-order valence-corrected chi connectivity index (χ3v) is 6.91. The van der Waals surface area contributed by atoms with Crippen molar-refractivity contribution in [2.45, 2.75) is 18.9 Å². The van der Waals surface area contributed by atoms with Crippen molar-refractivity contribution in [3.63, 3.8) is 0 Å². The molecule has 0 aromatic carbocycles. The summed E-state index contributed by atoms with van der Waals surface area (Å²) in [6.07, 6.45) is 2.07. The van der Waals surface area contributed by atoms with Gasteiger partial charge in [-0.2, -0.15) is 11.8 Å². The molecule has 0 amide bonds. The fraction of sp³-hybridized carbons (Fsp3) is 0.933. The largest absolute Gasteiger partial charge is 0.379 e. The van der Waals surface area contributed by atoms with E-state index in [1.165, 1.54) is 0 Å². The summed E-state index contributed by atoms with van der Waals surface area (Å²) in [5.41, 5.74) is 0. The van der Waals surface area contributed by atoms with Crippen molar-refractivity contribution in [3.05, 3.63) is 0 Å². The second-order valence-corrected chi connectivity index (χ2v) is 9.28. The van der Waals surface area contributed by atoms with Crippen LogP contribution in [0.15, 0.2) is 4.99 Å². The Morgan fingerprint density at radius 1 is 1.31 bits per heavy atom. The smallest absolute Gasteiger partial charge is 0.215 e. The molecule has 8 nitrogen and oxygen atoms in total. The van der Waals surface area contributed by atoms with Crippen LogP contribution in [0.5, 0.6) is 0 Å². The van der Waals surface area contributed by atoms with Gasteiger partial charge in [0.05, 0.1) is 18.5 Å². The number of hydrogen-bond acceptors (Lipinski definition) is 6.